The molecule has 2 N–H and O–H groups in total. The molecule has 5 rings (SSSR count). The van der Waals surface area contributed by atoms with Gasteiger partial charge in [0.15, 0.2) is 0 Å². The summed E-state index contributed by atoms with van der Waals surface area (Å²) in [7, 11) is 0. The molecule has 0 bridgehead atoms. The Labute approximate surface area is 215 Å². The van der Waals surface area contributed by atoms with Crippen LogP contribution in [0.5, 0.6) is 11.5 Å². The van der Waals surface area contributed by atoms with Gasteiger partial charge in [-0.15, -0.1) is 0 Å². The average molecular weight is 496 g/mol. The summed E-state index contributed by atoms with van der Waals surface area (Å²) in [4.78, 5) is 10.8. The molecule has 2 aromatic heterocycles. The van der Waals surface area contributed by atoms with Crippen molar-refractivity contribution in [1.29, 1.82) is 0 Å². The molecular formula is C30H29N3O4. The molecule has 0 saturated heterocycles. The highest BCUT2D eigenvalue weighted by Crippen LogP contribution is 2.27. The van der Waals surface area contributed by atoms with Crippen molar-refractivity contribution in [2.75, 3.05) is 31.2 Å². The molecular weight excluding hydrogens is 466 g/mol. The zero-order chi connectivity index (χ0) is 25.5. The maximum atomic E-state index is 10.1. The number of phenolic OH excluding ortho intramolecular Hbond substituents is 2. The number of hydrogen-bond donors (Lipinski definition) is 2. The van der Waals surface area contributed by atoms with E-state index < -0.39 is 0 Å². The van der Waals surface area contributed by atoms with Crippen LogP contribution in [0.15, 0.2) is 91.3 Å². The highest BCUT2D eigenvalue weighted by atomic mass is 16.5. The molecule has 2 heterocycles. The van der Waals surface area contributed by atoms with Crippen LogP contribution in [-0.4, -0.2) is 46.5 Å². The molecule has 0 fully saturated rings. The summed E-state index contributed by atoms with van der Waals surface area (Å²) < 4.78 is 12.1. The van der Waals surface area contributed by atoms with Crippen molar-refractivity contribution >= 4 is 27.5 Å². The number of rotatable bonds is 11. The van der Waals surface area contributed by atoms with E-state index in [1.807, 2.05) is 54.6 Å². The van der Waals surface area contributed by atoms with Crippen molar-refractivity contribution in [3.05, 3.63) is 102 Å². The molecule has 7 heteroatoms. The third kappa shape index (κ3) is 5.80. The van der Waals surface area contributed by atoms with Gasteiger partial charge in [0.1, 0.15) is 22.5 Å². The fraction of sp³-hybridized carbons (Fsp3) is 0.200. The Hall–Kier alpha value is -4.20. The zero-order valence-electron chi connectivity index (χ0n) is 20.5. The summed E-state index contributed by atoms with van der Waals surface area (Å²) in [6.45, 7) is 3.34. The second-order valence-corrected chi connectivity index (χ2v) is 8.71. The topological polar surface area (TPSA) is 87.9 Å². The van der Waals surface area contributed by atoms with E-state index in [1.54, 1.807) is 24.5 Å². The normalized spacial score (nSPS) is 11.2. The third-order valence-electron chi connectivity index (χ3n) is 6.32. The van der Waals surface area contributed by atoms with Crippen molar-refractivity contribution < 1.29 is 19.7 Å². The number of para-hydroxylation sites is 1. The molecule has 0 saturated carbocycles. The minimum Gasteiger partial charge on any atom is -0.506 e. The maximum absolute atomic E-state index is 10.1. The quantitative estimate of drug-likeness (QED) is 0.236. The molecule has 0 aliphatic rings. The number of nitrogens with zero attached hydrogens (tertiary/aromatic N) is 3. The molecule has 0 radical (unpaired) electrons. The van der Waals surface area contributed by atoms with E-state index in [9.17, 15) is 10.2 Å². The zero-order valence-corrected chi connectivity index (χ0v) is 20.5. The second-order valence-electron chi connectivity index (χ2n) is 8.71. The lowest BCUT2D eigenvalue weighted by molar-refractivity contribution is 0.116. The molecule has 3 aromatic carbocycles. The largest absolute Gasteiger partial charge is 0.506 e. The van der Waals surface area contributed by atoms with Gasteiger partial charge in [0.2, 0.25) is 0 Å². The third-order valence-corrected chi connectivity index (χ3v) is 6.32. The van der Waals surface area contributed by atoms with Crippen LogP contribution in [0.2, 0.25) is 0 Å². The summed E-state index contributed by atoms with van der Waals surface area (Å²) in [5.41, 5.74) is 4.26. The van der Waals surface area contributed by atoms with Crippen molar-refractivity contribution in [3.8, 4) is 11.5 Å². The van der Waals surface area contributed by atoms with Gasteiger partial charge in [-0.2, -0.15) is 0 Å². The van der Waals surface area contributed by atoms with E-state index in [-0.39, 0.29) is 11.5 Å². The van der Waals surface area contributed by atoms with Gasteiger partial charge in [0.05, 0.1) is 26.4 Å². The van der Waals surface area contributed by atoms with Gasteiger partial charge in [0, 0.05) is 41.9 Å². The Kier molecular flexibility index (Phi) is 7.74. The van der Waals surface area contributed by atoms with E-state index >= 15 is 0 Å². The lowest BCUT2D eigenvalue weighted by atomic mass is 10.1. The predicted molar refractivity (Wildman–Crippen MR) is 145 cm³/mol. The standard InChI is InChI=1S/C30H29N3O4/c34-27-12-10-22(25-8-4-14-31-29(25)27)20-36-18-16-33(24-6-2-1-3-7-24)17-19-37-21-23-11-13-28(35)30-26(23)9-5-15-32-30/h1-15,34-35H,16-21H2. The molecule has 0 unspecified atom stereocenters. The van der Waals surface area contributed by atoms with Gasteiger partial charge >= 0.3 is 0 Å². The molecule has 188 valence electrons. The second kappa shape index (κ2) is 11.7. The molecule has 0 spiro atoms. The van der Waals surface area contributed by atoms with Crippen molar-refractivity contribution in [3.63, 3.8) is 0 Å². The number of ether oxygens (including phenoxy) is 2. The summed E-state index contributed by atoms with van der Waals surface area (Å²) in [5, 5.41) is 21.9. The molecule has 0 amide bonds. The van der Waals surface area contributed by atoms with Crippen LogP contribution in [-0.2, 0) is 22.7 Å². The fourth-order valence-electron chi connectivity index (χ4n) is 4.41. The number of pyridine rings is 2. The van der Waals surface area contributed by atoms with Crippen LogP contribution in [0.3, 0.4) is 0 Å². The van der Waals surface area contributed by atoms with Crippen LogP contribution >= 0.6 is 0 Å². The minimum atomic E-state index is 0.172. The summed E-state index contributed by atoms with van der Waals surface area (Å²) in [6.07, 6.45) is 3.35. The van der Waals surface area contributed by atoms with Crippen molar-refractivity contribution in [1.82, 2.24) is 9.97 Å². The Morgan fingerprint density at radius 1 is 0.595 bits per heavy atom. The van der Waals surface area contributed by atoms with Gasteiger partial charge in [-0.1, -0.05) is 42.5 Å². The molecule has 0 aliphatic carbocycles. The first-order valence-electron chi connectivity index (χ1n) is 12.3. The Balaban J connectivity index is 1.17. The molecule has 37 heavy (non-hydrogen) atoms. The number of anilines is 1. The van der Waals surface area contributed by atoms with E-state index in [2.05, 4.69) is 27.0 Å². The van der Waals surface area contributed by atoms with Crippen LogP contribution < -0.4 is 4.90 Å². The van der Waals surface area contributed by atoms with Crippen LogP contribution in [0.25, 0.3) is 21.8 Å². The van der Waals surface area contributed by atoms with Crippen molar-refractivity contribution in [2.24, 2.45) is 0 Å². The first-order valence-corrected chi connectivity index (χ1v) is 12.3. The summed E-state index contributed by atoms with van der Waals surface area (Å²) >= 11 is 0. The number of benzene rings is 3. The first kappa shape index (κ1) is 24.5. The van der Waals surface area contributed by atoms with Gasteiger partial charge in [-0.05, 0) is 47.5 Å². The van der Waals surface area contributed by atoms with Gasteiger partial charge in [-0.3, -0.25) is 9.97 Å². The highest BCUT2D eigenvalue weighted by molar-refractivity contribution is 5.87. The first-order chi connectivity index (χ1) is 18.2. The van der Waals surface area contributed by atoms with E-state index in [1.165, 1.54) is 0 Å². The average Bonchev–Trinajstić information content (AvgIpc) is 2.95. The predicted octanol–water partition coefficient (Wildman–Crippen LogP) is 5.43. The number of hydrogen-bond acceptors (Lipinski definition) is 7. The monoisotopic (exact) mass is 495 g/mol. The molecule has 5 aromatic rings. The Morgan fingerprint density at radius 3 is 1.62 bits per heavy atom. The number of fused-ring (bicyclic) bond motifs is 2. The minimum absolute atomic E-state index is 0.172. The van der Waals surface area contributed by atoms with E-state index in [4.69, 9.17) is 9.47 Å². The highest BCUT2D eigenvalue weighted by Gasteiger charge is 2.10. The van der Waals surface area contributed by atoms with Crippen LogP contribution in [0, 0.1) is 0 Å². The number of phenols is 2. The van der Waals surface area contributed by atoms with Gasteiger partial charge < -0.3 is 24.6 Å². The lowest BCUT2D eigenvalue weighted by Gasteiger charge is -2.25. The van der Waals surface area contributed by atoms with Crippen LogP contribution in [0.1, 0.15) is 11.1 Å². The number of aromatic nitrogens is 2. The number of aromatic hydroxyl groups is 2. The van der Waals surface area contributed by atoms with Gasteiger partial charge in [-0.25, -0.2) is 0 Å². The van der Waals surface area contributed by atoms with Crippen LogP contribution in [0.4, 0.5) is 5.69 Å². The SMILES string of the molecule is Oc1ccc(COCCN(CCOCc2ccc(O)c3ncccc23)c2ccccc2)c2cccnc12. The van der Waals surface area contributed by atoms with E-state index in [0.29, 0.717) is 50.6 Å². The smallest absolute Gasteiger partial charge is 0.141 e. The Morgan fingerprint density at radius 2 is 1.11 bits per heavy atom. The Bertz CT molecular complexity index is 1380. The molecule has 7 nitrogen and oxygen atoms in total. The summed E-state index contributed by atoms with van der Waals surface area (Å²) in [6, 6.07) is 24.9. The fourth-order valence-corrected chi connectivity index (χ4v) is 4.41. The molecule has 0 atom stereocenters. The van der Waals surface area contributed by atoms with Gasteiger partial charge in [0.25, 0.3) is 0 Å². The lowest BCUT2D eigenvalue weighted by Crippen LogP contribution is -2.31. The molecule has 0 aliphatic heterocycles. The summed E-state index contributed by atoms with van der Waals surface area (Å²) in [5.74, 6) is 0.345. The van der Waals surface area contributed by atoms with E-state index in [0.717, 1.165) is 27.6 Å². The maximum Gasteiger partial charge on any atom is 0.141 e. The van der Waals surface area contributed by atoms with Crippen molar-refractivity contribution in [2.45, 2.75) is 13.2 Å².